The van der Waals surface area contributed by atoms with Gasteiger partial charge in [-0.2, -0.15) is 0 Å². The predicted molar refractivity (Wildman–Crippen MR) is 60.7 cm³/mol. The Kier molecular flexibility index (Phi) is 2.76. The zero-order valence-electron chi connectivity index (χ0n) is 7.30. The van der Waals surface area contributed by atoms with E-state index in [9.17, 15) is 0 Å². The first-order valence-corrected chi connectivity index (χ1v) is 4.94. The SMILES string of the molecule is Clc1[c]ccc(-c2ccc(Cl)cc2)c1. The van der Waals surface area contributed by atoms with Gasteiger partial charge in [-0.05, 0) is 29.3 Å². The Morgan fingerprint density at radius 2 is 1.57 bits per heavy atom. The molecule has 2 aromatic carbocycles. The Hall–Kier alpha value is -0.980. The molecule has 2 heteroatoms. The van der Waals surface area contributed by atoms with Gasteiger partial charge in [0, 0.05) is 16.1 Å². The molecule has 0 aliphatic heterocycles. The highest BCUT2D eigenvalue weighted by atomic mass is 35.5. The van der Waals surface area contributed by atoms with Crippen molar-refractivity contribution in [2.24, 2.45) is 0 Å². The van der Waals surface area contributed by atoms with Crippen LogP contribution in [0.25, 0.3) is 11.1 Å². The molecule has 14 heavy (non-hydrogen) atoms. The largest absolute Gasteiger partial charge is 0.0843 e. The highest BCUT2D eigenvalue weighted by Gasteiger charge is 1.97. The van der Waals surface area contributed by atoms with Crippen molar-refractivity contribution < 1.29 is 0 Å². The highest BCUT2D eigenvalue weighted by Crippen LogP contribution is 2.23. The van der Waals surface area contributed by atoms with Crippen molar-refractivity contribution in [1.29, 1.82) is 0 Å². The average Bonchev–Trinajstić information content (AvgIpc) is 2.19. The number of halogens is 2. The second kappa shape index (κ2) is 4.04. The standard InChI is InChI=1S/C12H7Cl2/c13-11-6-4-9(5-7-11)10-2-1-3-12(14)8-10/h1-2,4-8H. The Bertz CT molecular complexity index is 432. The predicted octanol–water partition coefficient (Wildman–Crippen LogP) is 4.46. The molecule has 0 fully saturated rings. The molecular weight excluding hydrogens is 215 g/mol. The van der Waals surface area contributed by atoms with Gasteiger partial charge in [-0.1, -0.05) is 47.5 Å². The lowest BCUT2D eigenvalue weighted by Gasteiger charge is -2.01. The van der Waals surface area contributed by atoms with Gasteiger partial charge in [0.2, 0.25) is 0 Å². The van der Waals surface area contributed by atoms with E-state index in [-0.39, 0.29) is 0 Å². The number of hydrogen-bond acceptors (Lipinski definition) is 0. The van der Waals surface area contributed by atoms with Crippen LogP contribution in [-0.4, -0.2) is 0 Å². The van der Waals surface area contributed by atoms with E-state index in [2.05, 4.69) is 6.07 Å². The van der Waals surface area contributed by atoms with E-state index in [4.69, 9.17) is 23.2 Å². The van der Waals surface area contributed by atoms with Gasteiger partial charge < -0.3 is 0 Å². The molecule has 0 heterocycles. The van der Waals surface area contributed by atoms with Crippen LogP contribution in [0.5, 0.6) is 0 Å². The Balaban J connectivity index is 2.44. The molecule has 0 aliphatic carbocycles. The summed E-state index contributed by atoms with van der Waals surface area (Å²) in [6.07, 6.45) is 0. The first-order valence-electron chi connectivity index (χ1n) is 4.19. The van der Waals surface area contributed by atoms with E-state index < -0.39 is 0 Å². The fraction of sp³-hybridized carbons (Fsp3) is 0. The minimum Gasteiger partial charge on any atom is -0.0843 e. The van der Waals surface area contributed by atoms with Gasteiger partial charge >= 0.3 is 0 Å². The second-order valence-electron chi connectivity index (χ2n) is 2.93. The van der Waals surface area contributed by atoms with Gasteiger partial charge in [-0.25, -0.2) is 0 Å². The van der Waals surface area contributed by atoms with Crippen molar-refractivity contribution in [2.45, 2.75) is 0 Å². The van der Waals surface area contributed by atoms with E-state index in [1.54, 1.807) is 0 Å². The highest BCUT2D eigenvalue weighted by molar-refractivity contribution is 6.31. The third kappa shape index (κ3) is 2.09. The molecule has 0 nitrogen and oxygen atoms in total. The minimum absolute atomic E-state index is 0.623. The maximum atomic E-state index is 5.84. The molecule has 2 aromatic rings. The molecule has 0 atom stereocenters. The van der Waals surface area contributed by atoms with E-state index in [1.807, 2.05) is 42.5 Å². The van der Waals surface area contributed by atoms with Gasteiger partial charge in [0.1, 0.15) is 0 Å². The van der Waals surface area contributed by atoms with Crippen LogP contribution in [0.1, 0.15) is 0 Å². The van der Waals surface area contributed by atoms with E-state index in [1.165, 1.54) is 0 Å². The molecule has 69 valence electrons. The molecule has 0 spiro atoms. The van der Waals surface area contributed by atoms with Crippen LogP contribution in [0.2, 0.25) is 10.0 Å². The Morgan fingerprint density at radius 3 is 2.21 bits per heavy atom. The van der Waals surface area contributed by atoms with Crippen LogP contribution in [0, 0.1) is 6.07 Å². The molecule has 0 unspecified atom stereocenters. The quantitative estimate of drug-likeness (QED) is 0.668. The lowest BCUT2D eigenvalue weighted by atomic mass is 10.1. The normalized spacial score (nSPS) is 10.1. The van der Waals surface area contributed by atoms with Gasteiger partial charge in [0.05, 0.1) is 0 Å². The smallest absolute Gasteiger partial charge is 0.0491 e. The third-order valence-corrected chi connectivity index (χ3v) is 2.41. The second-order valence-corrected chi connectivity index (χ2v) is 3.78. The van der Waals surface area contributed by atoms with Gasteiger partial charge in [0.25, 0.3) is 0 Å². The monoisotopic (exact) mass is 221 g/mol. The third-order valence-electron chi connectivity index (χ3n) is 1.94. The maximum Gasteiger partial charge on any atom is 0.0491 e. The molecule has 0 saturated carbocycles. The average molecular weight is 222 g/mol. The molecule has 0 saturated heterocycles. The molecule has 0 aliphatic rings. The summed E-state index contributed by atoms with van der Waals surface area (Å²) in [7, 11) is 0. The number of rotatable bonds is 1. The van der Waals surface area contributed by atoms with Crippen LogP contribution in [0.4, 0.5) is 0 Å². The molecule has 2 rings (SSSR count). The first kappa shape index (κ1) is 9.57. The zero-order chi connectivity index (χ0) is 9.97. The van der Waals surface area contributed by atoms with Crippen molar-refractivity contribution in [1.82, 2.24) is 0 Å². The lowest BCUT2D eigenvalue weighted by Crippen LogP contribution is -1.76. The van der Waals surface area contributed by atoms with Crippen LogP contribution < -0.4 is 0 Å². The molecule has 0 amide bonds. The summed E-state index contributed by atoms with van der Waals surface area (Å²) in [5, 5.41) is 1.36. The van der Waals surface area contributed by atoms with E-state index in [0.29, 0.717) is 5.02 Å². The summed E-state index contributed by atoms with van der Waals surface area (Å²) < 4.78 is 0. The summed E-state index contributed by atoms with van der Waals surface area (Å²) in [6.45, 7) is 0. The van der Waals surface area contributed by atoms with Crippen molar-refractivity contribution in [2.75, 3.05) is 0 Å². The summed E-state index contributed by atoms with van der Waals surface area (Å²) in [4.78, 5) is 0. The molecule has 0 bridgehead atoms. The van der Waals surface area contributed by atoms with Crippen molar-refractivity contribution in [3.63, 3.8) is 0 Å². The van der Waals surface area contributed by atoms with Crippen molar-refractivity contribution in [3.05, 3.63) is 58.6 Å². The minimum atomic E-state index is 0.623. The Morgan fingerprint density at radius 1 is 0.857 bits per heavy atom. The van der Waals surface area contributed by atoms with Gasteiger partial charge in [-0.15, -0.1) is 0 Å². The summed E-state index contributed by atoms with van der Waals surface area (Å²) >= 11 is 11.6. The zero-order valence-corrected chi connectivity index (χ0v) is 8.81. The van der Waals surface area contributed by atoms with Gasteiger partial charge in [-0.3, -0.25) is 0 Å². The van der Waals surface area contributed by atoms with Crippen molar-refractivity contribution in [3.8, 4) is 11.1 Å². The summed E-state index contributed by atoms with van der Waals surface area (Å²) in [6, 6.07) is 16.2. The summed E-state index contributed by atoms with van der Waals surface area (Å²) in [5.41, 5.74) is 2.18. The molecular formula is C12H7Cl2. The maximum absolute atomic E-state index is 5.84. The number of benzene rings is 2. The van der Waals surface area contributed by atoms with E-state index in [0.717, 1.165) is 16.1 Å². The molecule has 0 N–H and O–H groups in total. The summed E-state index contributed by atoms with van der Waals surface area (Å²) in [5.74, 6) is 0. The number of hydrogen-bond donors (Lipinski definition) is 0. The first-order chi connectivity index (χ1) is 6.75. The topological polar surface area (TPSA) is 0 Å². The van der Waals surface area contributed by atoms with Gasteiger partial charge in [0.15, 0.2) is 0 Å². The van der Waals surface area contributed by atoms with Crippen LogP contribution in [0.3, 0.4) is 0 Å². The van der Waals surface area contributed by atoms with Crippen LogP contribution in [0.15, 0.2) is 42.5 Å². The molecule has 0 aromatic heterocycles. The fourth-order valence-corrected chi connectivity index (χ4v) is 1.57. The fourth-order valence-electron chi connectivity index (χ4n) is 1.26. The van der Waals surface area contributed by atoms with E-state index >= 15 is 0 Å². The van der Waals surface area contributed by atoms with Crippen LogP contribution >= 0.6 is 23.2 Å². The lowest BCUT2D eigenvalue weighted by molar-refractivity contribution is 1.61. The Labute approximate surface area is 93.1 Å². The molecule has 1 radical (unpaired) electrons. The van der Waals surface area contributed by atoms with Crippen molar-refractivity contribution >= 4 is 23.2 Å². The van der Waals surface area contributed by atoms with Crippen LogP contribution in [-0.2, 0) is 0 Å².